The molecule has 0 heterocycles. The van der Waals surface area contributed by atoms with Gasteiger partial charge in [-0.3, -0.25) is 4.99 Å². The Kier molecular flexibility index (Phi) is 7.32. The van der Waals surface area contributed by atoms with Crippen LogP contribution < -0.4 is 0 Å². The van der Waals surface area contributed by atoms with Crippen molar-refractivity contribution < 1.29 is 4.74 Å². The highest BCUT2D eigenvalue weighted by Gasteiger charge is 1.96. The fourth-order valence-corrected chi connectivity index (χ4v) is 1.76. The van der Waals surface area contributed by atoms with Gasteiger partial charge in [-0.1, -0.05) is 37.3 Å². The average molecular weight is 233 g/mol. The summed E-state index contributed by atoms with van der Waals surface area (Å²) in [6.45, 7) is 3.78. The molecular weight excluding hydrogens is 210 g/mol. The second-order valence-corrected chi connectivity index (χ2v) is 4.09. The predicted octanol–water partition coefficient (Wildman–Crippen LogP) is 3.51. The summed E-state index contributed by atoms with van der Waals surface area (Å²) in [6.07, 6.45) is 4.19. The van der Waals surface area contributed by atoms with Crippen LogP contribution in [0.3, 0.4) is 0 Å². The topological polar surface area (TPSA) is 21.6 Å². The molecule has 17 heavy (non-hydrogen) atoms. The van der Waals surface area contributed by atoms with Gasteiger partial charge in [-0.15, -0.1) is 0 Å². The van der Waals surface area contributed by atoms with Crippen molar-refractivity contribution in [2.24, 2.45) is 4.99 Å². The Bertz CT molecular complexity index is 319. The van der Waals surface area contributed by atoms with Gasteiger partial charge in [0.25, 0.3) is 0 Å². The summed E-state index contributed by atoms with van der Waals surface area (Å²) >= 11 is 0. The van der Waals surface area contributed by atoms with Crippen molar-refractivity contribution in [3.63, 3.8) is 0 Å². The van der Waals surface area contributed by atoms with Gasteiger partial charge in [0, 0.05) is 25.8 Å². The third kappa shape index (κ3) is 6.22. The van der Waals surface area contributed by atoms with Crippen LogP contribution in [0.2, 0.25) is 0 Å². The van der Waals surface area contributed by atoms with Gasteiger partial charge in [0.1, 0.15) is 0 Å². The molecule has 0 fully saturated rings. The predicted molar refractivity (Wildman–Crippen MR) is 73.8 cm³/mol. The number of ether oxygens (including phenoxy) is 1. The maximum atomic E-state index is 5.61. The van der Waals surface area contributed by atoms with Crippen molar-refractivity contribution in [3.8, 4) is 0 Å². The molecule has 0 aliphatic rings. The van der Waals surface area contributed by atoms with Crippen LogP contribution in [0.15, 0.2) is 35.3 Å². The Hall–Kier alpha value is -1.15. The molecule has 0 atom stereocenters. The van der Waals surface area contributed by atoms with E-state index in [1.54, 1.807) is 0 Å². The fourth-order valence-electron chi connectivity index (χ4n) is 1.76. The Morgan fingerprint density at radius 3 is 2.59 bits per heavy atom. The number of rotatable bonds is 8. The highest BCUT2D eigenvalue weighted by molar-refractivity contribution is 5.84. The van der Waals surface area contributed by atoms with Gasteiger partial charge in [-0.25, -0.2) is 0 Å². The smallest absolute Gasteiger partial charge is 0.0518 e. The standard InChI is InChI=1S/C15H23NO/c1-3-15(16-2)11-13-17-12-7-10-14-8-5-4-6-9-14/h4-6,8-9H,3,7,10-13H2,1-2H3. The summed E-state index contributed by atoms with van der Waals surface area (Å²) < 4.78 is 5.61. The molecular formula is C15H23NO. The summed E-state index contributed by atoms with van der Waals surface area (Å²) in [5, 5.41) is 0. The zero-order valence-electron chi connectivity index (χ0n) is 11.0. The number of aliphatic imine (C=N–C) groups is 1. The minimum absolute atomic E-state index is 0.801. The van der Waals surface area contributed by atoms with E-state index >= 15 is 0 Å². The quantitative estimate of drug-likeness (QED) is 0.497. The third-order valence-corrected chi connectivity index (χ3v) is 2.86. The summed E-state index contributed by atoms with van der Waals surface area (Å²) in [7, 11) is 1.86. The van der Waals surface area contributed by atoms with Crippen LogP contribution in [-0.2, 0) is 11.2 Å². The Morgan fingerprint density at radius 1 is 1.18 bits per heavy atom. The lowest BCUT2D eigenvalue weighted by Gasteiger charge is -2.05. The molecule has 0 N–H and O–H groups in total. The van der Waals surface area contributed by atoms with Gasteiger partial charge < -0.3 is 4.74 Å². The summed E-state index contributed by atoms with van der Waals surface area (Å²) in [5.74, 6) is 0. The molecule has 1 aromatic carbocycles. The van der Waals surface area contributed by atoms with Crippen molar-refractivity contribution in [1.82, 2.24) is 0 Å². The van der Waals surface area contributed by atoms with Crippen LogP contribution in [0.1, 0.15) is 31.7 Å². The summed E-state index contributed by atoms with van der Waals surface area (Å²) in [6, 6.07) is 10.6. The van der Waals surface area contributed by atoms with Gasteiger partial charge in [-0.05, 0) is 24.8 Å². The molecule has 2 heteroatoms. The molecule has 0 spiro atoms. The largest absolute Gasteiger partial charge is 0.381 e. The second-order valence-electron chi connectivity index (χ2n) is 4.09. The fraction of sp³-hybridized carbons (Fsp3) is 0.533. The maximum Gasteiger partial charge on any atom is 0.0518 e. The maximum absolute atomic E-state index is 5.61. The monoisotopic (exact) mass is 233 g/mol. The van der Waals surface area contributed by atoms with E-state index in [1.807, 2.05) is 7.05 Å². The third-order valence-electron chi connectivity index (χ3n) is 2.86. The molecule has 0 aliphatic carbocycles. The first-order valence-corrected chi connectivity index (χ1v) is 6.43. The minimum Gasteiger partial charge on any atom is -0.381 e. The lowest BCUT2D eigenvalue weighted by atomic mass is 10.1. The lowest BCUT2D eigenvalue weighted by molar-refractivity contribution is 0.138. The second kappa shape index (κ2) is 8.94. The Balaban J connectivity index is 2.02. The summed E-state index contributed by atoms with van der Waals surface area (Å²) in [4.78, 5) is 4.21. The van der Waals surface area contributed by atoms with Crippen LogP contribution in [0, 0.1) is 0 Å². The van der Waals surface area contributed by atoms with Crippen molar-refractivity contribution in [2.45, 2.75) is 32.6 Å². The molecule has 0 amide bonds. The zero-order chi connectivity index (χ0) is 12.3. The van der Waals surface area contributed by atoms with Crippen molar-refractivity contribution in [1.29, 1.82) is 0 Å². The highest BCUT2D eigenvalue weighted by Crippen LogP contribution is 2.02. The van der Waals surface area contributed by atoms with Crippen LogP contribution in [-0.4, -0.2) is 26.0 Å². The minimum atomic E-state index is 0.801. The van der Waals surface area contributed by atoms with E-state index in [4.69, 9.17) is 4.74 Å². The van der Waals surface area contributed by atoms with Gasteiger partial charge in [0.05, 0.1) is 6.61 Å². The van der Waals surface area contributed by atoms with Crippen LogP contribution >= 0.6 is 0 Å². The SMILES string of the molecule is CCC(CCOCCCc1ccccc1)=NC. The first-order valence-electron chi connectivity index (χ1n) is 6.43. The first kappa shape index (κ1) is 13.9. The molecule has 2 nitrogen and oxygen atoms in total. The zero-order valence-corrected chi connectivity index (χ0v) is 11.0. The van der Waals surface area contributed by atoms with E-state index in [1.165, 1.54) is 11.3 Å². The van der Waals surface area contributed by atoms with E-state index in [0.717, 1.165) is 38.9 Å². The molecule has 0 aromatic heterocycles. The van der Waals surface area contributed by atoms with Gasteiger partial charge >= 0.3 is 0 Å². The van der Waals surface area contributed by atoms with Crippen LogP contribution in [0.5, 0.6) is 0 Å². The highest BCUT2D eigenvalue weighted by atomic mass is 16.5. The molecule has 0 saturated heterocycles. The van der Waals surface area contributed by atoms with E-state index in [9.17, 15) is 0 Å². The van der Waals surface area contributed by atoms with Crippen molar-refractivity contribution >= 4 is 5.71 Å². The molecule has 94 valence electrons. The molecule has 0 radical (unpaired) electrons. The number of hydrogen-bond donors (Lipinski definition) is 0. The normalized spacial score (nSPS) is 11.8. The Morgan fingerprint density at radius 2 is 1.94 bits per heavy atom. The number of hydrogen-bond acceptors (Lipinski definition) is 2. The molecule has 0 saturated carbocycles. The number of aryl methyl sites for hydroxylation is 1. The van der Waals surface area contributed by atoms with E-state index < -0.39 is 0 Å². The van der Waals surface area contributed by atoms with Gasteiger partial charge in [0.2, 0.25) is 0 Å². The Labute approximate surface area is 105 Å². The lowest BCUT2D eigenvalue weighted by Crippen LogP contribution is -2.05. The average Bonchev–Trinajstić information content (AvgIpc) is 2.39. The van der Waals surface area contributed by atoms with Crippen LogP contribution in [0.25, 0.3) is 0 Å². The molecule has 0 unspecified atom stereocenters. The van der Waals surface area contributed by atoms with Gasteiger partial charge in [0.15, 0.2) is 0 Å². The van der Waals surface area contributed by atoms with Gasteiger partial charge in [-0.2, -0.15) is 0 Å². The van der Waals surface area contributed by atoms with E-state index in [0.29, 0.717) is 0 Å². The van der Waals surface area contributed by atoms with Crippen LogP contribution in [0.4, 0.5) is 0 Å². The first-order chi connectivity index (χ1) is 8.36. The van der Waals surface area contributed by atoms with E-state index in [2.05, 4.69) is 42.2 Å². The van der Waals surface area contributed by atoms with Crippen molar-refractivity contribution in [2.75, 3.05) is 20.3 Å². The molecule has 1 rings (SSSR count). The number of nitrogens with zero attached hydrogens (tertiary/aromatic N) is 1. The summed E-state index contributed by atoms with van der Waals surface area (Å²) in [5.41, 5.74) is 2.63. The van der Waals surface area contributed by atoms with E-state index in [-0.39, 0.29) is 0 Å². The number of benzene rings is 1. The molecule has 0 aliphatic heterocycles. The molecule has 0 bridgehead atoms. The molecule has 1 aromatic rings. The van der Waals surface area contributed by atoms with Crippen molar-refractivity contribution in [3.05, 3.63) is 35.9 Å².